The van der Waals surface area contributed by atoms with Crippen molar-refractivity contribution in [3.63, 3.8) is 0 Å². The van der Waals surface area contributed by atoms with E-state index in [4.69, 9.17) is 9.47 Å². The second-order valence-corrected chi connectivity index (χ2v) is 7.51. The zero-order valence-corrected chi connectivity index (χ0v) is 18.5. The van der Waals surface area contributed by atoms with Crippen LogP contribution in [-0.2, 0) is 11.3 Å². The van der Waals surface area contributed by atoms with Crippen molar-refractivity contribution < 1.29 is 23.5 Å². The van der Waals surface area contributed by atoms with E-state index < -0.39 is 22.9 Å². The molecular weight excluding hydrogens is 439 g/mol. The molecule has 1 heterocycles. The number of ether oxygens (including phenoxy) is 2. The number of hydrogen-bond donors (Lipinski definition) is 1. The average Bonchev–Trinajstić information content (AvgIpc) is 2.85. The number of pyridine rings is 1. The van der Waals surface area contributed by atoms with E-state index in [1.165, 1.54) is 37.1 Å². The number of hydrogen-bond acceptors (Lipinski definition) is 5. The van der Waals surface area contributed by atoms with Gasteiger partial charge in [0.05, 0.1) is 25.3 Å². The van der Waals surface area contributed by atoms with Crippen molar-refractivity contribution in [3.8, 4) is 11.5 Å². The van der Waals surface area contributed by atoms with Crippen LogP contribution in [0.1, 0.15) is 15.9 Å². The summed E-state index contributed by atoms with van der Waals surface area (Å²) in [7, 11) is 2.99. The van der Waals surface area contributed by atoms with Gasteiger partial charge in [-0.15, -0.1) is 0 Å². The van der Waals surface area contributed by atoms with Gasteiger partial charge in [-0.25, -0.2) is 4.39 Å². The lowest BCUT2D eigenvalue weighted by molar-refractivity contribution is -0.116. The smallest absolute Gasteiger partial charge is 0.244 e. The molecule has 4 rings (SSSR count). The summed E-state index contributed by atoms with van der Waals surface area (Å²) in [6, 6.07) is 16.9. The van der Waals surface area contributed by atoms with Crippen LogP contribution in [0, 0.1) is 5.82 Å². The molecule has 1 N–H and O–H groups in total. The van der Waals surface area contributed by atoms with Gasteiger partial charge in [0.1, 0.15) is 23.9 Å². The quantitative estimate of drug-likeness (QED) is 0.421. The Kier molecular flexibility index (Phi) is 6.40. The van der Waals surface area contributed by atoms with Crippen LogP contribution in [0.3, 0.4) is 0 Å². The number of methoxy groups -OCH3 is 2. The van der Waals surface area contributed by atoms with Gasteiger partial charge in [0.2, 0.25) is 11.3 Å². The third-order valence-corrected chi connectivity index (χ3v) is 5.27. The summed E-state index contributed by atoms with van der Waals surface area (Å²) in [4.78, 5) is 38.9. The van der Waals surface area contributed by atoms with Gasteiger partial charge >= 0.3 is 0 Å². The van der Waals surface area contributed by atoms with E-state index in [-0.39, 0.29) is 17.5 Å². The van der Waals surface area contributed by atoms with E-state index in [1.807, 2.05) is 0 Å². The first-order chi connectivity index (χ1) is 16.4. The Morgan fingerprint density at radius 3 is 2.26 bits per heavy atom. The van der Waals surface area contributed by atoms with Crippen LogP contribution >= 0.6 is 0 Å². The predicted octanol–water partition coefficient (Wildman–Crippen LogP) is 4.03. The van der Waals surface area contributed by atoms with E-state index >= 15 is 0 Å². The first-order valence-corrected chi connectivity index (χ1v) is 10.3. The Morgan fingerprint density at radius 1 is 0.941 bits per heavy atom. The highest BCUT2D eigenvalue weighted by Gasteiger charge is 2.19. The molecule has 4 aromatic rings. The Hall–Kier alpha value is -4.46. The van der Waals surface area contributed by atoms with E-state index in [0.717, 1.165) is 6.07 Å². The Balaban J connectivity index is 1.73. The topological polar surface area (TPSA) is 86.6 Å². The summed E-state index contributed by atoms with van der Waals surface area (Å²) in [5.41, 5.74) is 0.333. The fourth-order valence-corrected chi connectivity index (χ4v) is 3.64. The van der Waals surface area contributed by atoms with Crippen molar-refractivity contribution in [2.45, 2.75) is 6.54 Å². The molecule has 0 aliphatic heterocycles. The predicted molar refractivity (Wildman–Crippen MR) is 126 cm³/mol. The van der Waals surface area contributed by atoms with Crippen LogP contribution in [0.4, 0.5) is 10.1 Å². The maximum Gasteiger partial charge on any atom is 0.244 e. The summed E-state index contributed by atoms with van der Waals surface area (Å²) in [6.45, 7) is -0.225. The molecule has 3 aromatic carbocycles. The minimum absolute atomic E-state index is 0.0117. The molecule has 0 unspecified atom stereocenters. The van der Waals surface area contributed by atoms with Crippen molar-refractivity contribution in [3.05, 3.63) is 100 Å². The lowest BCUT2D eigenvalue weighted by atomic mass is 10.0. The molecule has 0 bridgehead atoms. The minimum atomic E-state index is -0.617. The number of ketones is 1. The van der Waals surface area contributed by atoms with Crippen LogP contribution in [0.2, 0.25) is 0 Å². The lowest BCUT2D eigenvalue weighted by Gasteiger charge is -2.14. The zero-order valence-electron chi connectivity index (χ0n) is 18.5. The van der Waals surface area contributed by atoms with E-state index in [1.54, 1.807) is 48.5 Å². The van der Waals surface area contributed by atoms with E-state index in [9.17, 15) is 18.8 Å². The number of carbonyl (C=O) groups excluding carboxylic acids is 2. The van der Waals surface area contributed by atoms with Gasteiger partial charge in [0, 0.05) is 41.0 Å². The first-order valence-electron chi connectivity index (χ1n) is 10.3. The summed E-state index contributed by atoms with van der Waals surface area (Å²) in [5, 5.41) is 2.77. The standard InChI is InChI=1S/C26H21FN2O5/c1-33-19-11-18(12-20(13-19)34-2)28-24(30)15-29-14-22(25(31)16-6-4-3-5-7-16)26(32)21-10-17(27)8-9-23(21)29/h3-14H,15H2,1-2H3,(H,28,30). The van der Waals surface area contributed by atoms with Crippen molar-refractivity contribution >= 4 is 28.3 Å². The third-order valence-electron chi connectivity index (χ3n) is 5.27. The van der Waals surface area contributed by atoms with Crippen LogP contribution in [0.15, 0.2) is 77.7 Å². The third kappa shape index (κ3) is 4.66. The van der Waals surface area contributed by atoms with E-state index in [2.05, 4.69) is 5.32 Å². The molecule has 7 nitrogen and oxygen atoms in total. The maximum absolute atomic E-state index is 14.0. The Morgan fingerprint density at radius 2 is 1.62 bits per heavy atom. The molecule has 1 aromatic heterocycles. The maximum atomic E-state index is 14.0. The largest absolute Gasteiger partial charge is 0.497 e. The van der Waals surface area contributed by atoms with Crippen molar-refractivity contribution in [1.29, 1.82) is 0 Å². The molecule has 1 amide bonds. The molecule has 0 spiro atoms. The number of nitrogens with zero attached hydrogens (tertiary/aromatic N) is 1. The number of halogens is 1. The van der Waals surface area contributed by atoms with Gasteiger partial charge in [-0.2, -0.15) is 0 Å². The molecule has 0 radical (unpaired) electrons. The van der Waals surface area contributed by atoms with Gasteiger partial charge in [-0.3, -0.25) is 14.4 Å². The zero-order chi connectivity index (χ0) is 24.2. The summed E-state index contributed by atoms with van der Waals surface area (Å²) in [5.74, 6) is -0.566. The number of carbonyl (C=O) groups is 2. The Bertz CT molecular complexity index is 1430. The molecule has 8 heteroatoms. The number of fused-ring (bicyclic) bond motifs is 1. The number of nitrogens with one attached hydrogen (secondary N) is 1. The molecule has 0 aliphatic rings. The minimum Gasteiger partial charge on any atom is -0.497 e. The highest BCUT2D eigenvalue weighted by Crippen LogP contribution is 2.26. The highest BCUT2D eigenvalue weighted by atomic mass is 19.1. The normalized spacial score (nSPS) is 10.7. The van der Waals surface area contributed by atoms with Crippen molar-refractivity contribution in [1.82, 2.24) is 4.57 Å². The fraction of sp³-hybridized carbons (Fsp3) is 0.115. The van der Waals surface area contributed by atoms with Crippen LogP contribution in [-0.4, -0.2) is 30.5 Å². The van der Waals surface area contributed by atoms with Gasteiger partial charge in [0.15, 0.2) is 5.78 Å². The van der Waals surface area contributed by atoms with E-state index in [0.29, 0.717) is 28.3 Å². The van der Waals surface area contributed by atoms with Gasteiger partial charge < -0.3 is 19.4 Å². The summed E-state index contributed by atoms with van der Waals surface area (Å²) < 4.78 is 25.9. The van der Waals surface area contributed by atoms with Crippen molar-refractivity contribution in [2.75, 3.05) is 19.5 Å². The van der Waals surface area contributed by atoms with Crippen LogP contribution < -0.4 is 20.2 Å². The van der Waals surface area contributed by atoms with Crippen LogP contribution in [0.25, 0.3) is 10.9 Å². The van der Waals surface area contributed by atoms with Crippen LogP contribution in [0.5, 0.6) is 11.5 Å². The number of amides is 1. The van der Waals surface area contributed by atoms with Gasteiger partial charge in [-0.1, -0.05) is 30.3 Å². The highest BCUT2D eigenvalue weighted by molar-refractivity contribution is 6.10. The lowest BCUT2D eigenvalue weighted by Crippen LogP contribution is -2.24. The first kappa shape index (κ1) is 22.7. The molecular formula is C26H21FN2O5. The average molecular weight is 460 g/mol. The molecule has 0 saturated heterocycles. The molecule has 0 atom stereocenters. The SMILES string of the molecule is COc1cc(NC(=O)Cn2cc(C(=O)c3ccccc3)c(=O)c3cc(F)ccc32)cc(OC)c1. The number of anilines is 1. The number of benzene rings is 3. The Labute approximate surface area is 194 Å². The van der Waals surface area contributed by atoms with Gasteiger partial charge in [0.25, 0.3) is 0 Å². The number of aromatic nitrogens is 1. The van der Waals surface area contributed by atoms with Crippen molar-refractivity contribution in [2.24, 2.45) is 0 Å². The monoisotopic (exact) mass is 460 g/mol. The number of rotatable bonds is 7. The fourth-order valence-electron chi connectivity index (χ4n) is 3.64. The molecule has 172 valence electrons. The molecule has 0 aliphatic carbocycles. The molecule has 0 fully saturated rings. The molecule has 0 saturated carbocycles. The van der Waals surface area contributed by atoms with Gasteiger partial charge in [-0.05, 0) is 18.2 Å². The molecule has 34 heavy (non-hydrogen) atoms. The summed E-state index contributed by atoms with van der Waals surface area (Å²) in [6.07, 6.45) is 1.34. The second kappa shape index (κ2) is 9.58. The summed E-state index contributed by atoms with van der Waals surface area (Å²) >= 11 is 0. The second-order valence-electron chi connectivity index (χ2n) is 7.51.